The molecule has 2 N–H and O–H groups in total. The molecule has 0 aromatic heterocycles. The van der Waals surface area contributed by atoms with Crippen LogP contribution in [0.4, 0.5) is 0 Å². The lowest BCUT2D eigenvalue weighted by atomic mass is 9.80. The van der Waals surface area contributed by atoms with E-state index in [9.17, 15) is 14.7 Å². The van der Waals surface area contributed by atoms with E-state index in [-0.39, 0.29) is 24.7 Å². The van der Waals surface area contributed by atoms with E-state index in [0.717, 1.165) is 0 Å². The first kappa shape index (κ1) is 22.8. The molecule has 7 nitrogen and oxygen atoms in total. The molecule has 0 radical (unpaired) electrons. The topological polar surface area (TPSA) is 94.1 Å². The van der Waals surface area contributed by atoms with Crippen LogP contribution < -0.4 is 10.1 Å². The lowest BCUT2D eigenvalue weighted by Crippen LogP contribution is -2.32. The molecule has 158 valence electrons. The van der Waals surface area contributed by atoms with Crippen molar-refractivity contribution in [3.05, 3.63) is 44.7 Å². The summed E-state index contributed by atoms with van der Waals surface area (Å²) in [6, 6.07) is 3.28. The second-order valence-corrected chi connectivity index (χ2v) is 7.21. The highest BCUT2D eigenvalue weighted by Gasteiger charge is 2.38. The molecule has 0 aliphatic carbocycles. The van der Waals surface area contributed by atoms with Crippen LogP contribution in [0.2, 0.25) is 0 Å². The molecular weight excluding hydrogens is 442 g/mol. The minimum Gasteiger partial charge on any atom is -0.503 e. The summed E-state index contributed by atoms with van der Waals surface area (Å²) in [5, 5.41) is 13.4. The van der Waals surface area contributed by atoms with Crippen molar-refractivity contribution in [2.24, 2.45) is 0 Å². The fourth-order valence-corrected chi connectivity index (χ4v) is 3.77. The summed E-state index contributed by atoms with van der Waals surface area (Å²) < 4.78 is 16.4. The lowest BCUT2D eigenvalue weighted by molar-refractivity contribution is -0.139. The number of rotatable bonds is 7. The molecule has 1 aromatic rings. The number of aromatic hydroxyl groups is 1. The number of esters is 2. The van der Waals surface area contributed by atoms with Gasteiger partial charge in [0.15, 0.2) is 11.5 Å². The van der Waals surface area contributed by atoms with Gasteiger partial charge in [-0.25, -0.2) is 9.59 Å². The summed E-state index contributed by atoms with van der Waals surface area (Å²) in [6.07, 6.45) is 0. The average molecular weight is 468 g/mol. The number of hydrogen-bond acceptors (Lipinski definition) is 7. The number of carbonyl (C=O) groups excluding carboxylic acids is 2. The third kappa shape index (κ3) is 4.75. The highest BCUT2D eigenvalue weighted by atomic mass is 79.9. The van der Waals surface area contributed by atoms with Crippen molar-refractivity contribution in [1.29, 1.82) is 0 Å². The van der Waals surface area contributed by atoms with Gasteiger partial charge in [-0.2, -0.15) is 0 Å². The summed E-state index contributed by atoms with van der Waals surface area (Å²) in [5.41, 5.74) is 2.37. The molecule has 1 aliphatic rings. The largest absolute Gasteiger partial charge is 0.503 e. The Kier molecular flexibility index (Phi) is 7.73. The first-order valence-electron chi connectivity index (χ1n) is 9.44. The van der Waals surface area contributed by atoms with Gasteiger partial charge in [-0.15, -0.1) is 0 Å². The summed E-state index contributed by atoms with van der Waals surface area (Å²) in [6.45, 7) is 9.48. The summed E-state index contributed by atoms with van der Waals surface area (Å²) in [4.78, 5) is 25.6. The molecule has 0 amide bonds. The van der Waals surface area contributed by atoms with Gasteiger partial charge in [0.1, 0.15) is 0 Å². The Bertz CT molecular complexity index is 834. The normalized spacial score (nSPS) is 14.6. The van der Waals surface area contributed by atoms with Crippen molar-refractivity contribution < 1.29 is 28.9 Å². The Hall–Kier alpha value is -2.48. The molecule has 0 atom stereocenters. The molecular formula is C21H26BrNO6. The number of carbonyl (C=O) groups is 2. The zero-order chi connectivity index (χ0) is 21.7. The van der Waals surface area contributed by atoms with Crippen LogP contribution in [0.25, 0.3) is 0 Å². The molecule has 1 heterocycles. The highest BCUT2D eigenvalue weighted by Crippen LogP contribution is 2.44. The minimum absolute atomic E-state index is 0.0543. The van der Waals surface area contributed by atoms with Crippen molar-refractivity contribution in [2.45, 2.75) is 40.5 Å². The molecule has 0 bridgehead atoms. The van der Waals surface area contributed by atoms with Gasteiger partial charge < -0.3 is 24.6 Å². The first-order valence-corrected chi connectivity index (χ1v) is 10.2. The van der Waals surface area contributed by atoms with Gasteiger partial charge in [0, 0.05) is 11.4 Å². The molecule has 29 heavy (non-hydrogen) atoms. The Morgan fingerprint density at radius 3 is 1.97 bits per heavy atom. The molecule has 0 fully saturated rings. The van der Waals surface area contributed by atoms with Crippen molar-refractivity contribution >= 4 is 27.9 Å². The van der Waals surface area contributed by atoms with Gasteiger partial charge in [-0.1, -0.05) is 0 Å². The Labute approximate surface area is 178 Å². The molecule has 0 unspecified atom stereocenters. The predicted molar refractivity (Wildman–Crippen MR) is 112 cm³/mol. The smallest absolute Gasteiger partial charge is 0.336 e. The van der Waals surface area contributed by atoms with E-state index in [0.29, 0.717) is 39.2 Å². The number of dihydropyridines is 1. The van der Waals surface area contributed by atoms with Crippen LogP contribution in [0.5, 0.6) is 11.5 Å². The van der Waals surface area contributed by atoms with E-state index < -0.39 is 17.9 Å². The third-order valence-electron chi connectivity index (χ3n) is 4.43. The van der Waals surface area contributed by atoms with Crippen LogP contribution in [0.3, 0.4) is 0 Å². The zero-order valence-electron chi connectivity index (χ0n) is 17.2. The SMILES string of the molecule is CCOC(=O)C1=C(C)NC(C)=C(C(=O)OCC)C1c1cc(Br)c(O)c(OCC)c1. The fraction of sp³-hybridized carbons (Fsp3) is 0.429. The second kappa shape index (κ2) is 9.82. The Morgan fingerprint density at radius 1 is 1.00 bits per heavy atom. The number of phenols is 1. The summed E-state index contributed by atoms with van der Waals surface area (Å²) >= 11 is 3.33. The van der Waals surface area contributed by atoms with E-state index in [1.807, 2.05) is 0 Å². The molecule has 0 spiro atoms. The monoisotopic (exact) mass is 467 g/mol. The van der Waals surface area contributed by atoms with Crippen LogP contribution in [0, 0.1) is 0 Å². The lowest BCUT2D eigenvalue weighted by Gasteiger charge is -2.30. The van der Waals surface area contributed by atoms with Gasteiger partial charge in [0.2, 0.25) is 0 Å². The van der Waals surface area contributed by atoms with Crippen molar-refractivity contribution in [2.75, 3.05) is 19.8 Å². The molecule has 0 saturated heterocycles. The van der Waals surface area contributed by atoms with Crippen LogP contribution in [0.15, 0.2) is 39.1 Å². The maximum atomic E-state index is 12.8. The zero-order valence-corrected chi connectivity index (χ0v) is 18.8. The number of benzene rings is 1. The molecule has 1 aliphatic heterocycles. The Morgan fingerprint density at radius 2 is 1.52 bits per heavy atom. The van der Waals surface area contributed by atoms with Gasteiger partial charge in [-0.3, -0.25) is 0 Å². The van der Waals surface area contributed by atoms with Crippen molar-refractivity contribution in [3.63, 3.8) is 0 Å². The van der Waals surface area contributed by atoms with E-state index in [2.05, 4.69) is 21.2 Å². The maximum Gasteiger partial charge on any atom is 0.336 e. The Balaban J connectivity index is 2.74. The van der Waals surface area contributed by atoms with Crippen LogP contribution in [0.1, 0.15) is 46.1 Å². The van der Waals surface area contributed by atoms with E-state index in [4.69, 9.17) is 14.2 Å². The predicted octanol–water partition coefficient (Wildman–Crippen LogP) is 3.91. The number of allylic oxidation sites excluding steroid dienone is 2. The van der Waals surface area contributed by atoms with E-state index in [1.165, 1.54) is 0 Å². The second-order valence-electron chi connectivity index (χ2n) is 6.36. The van der Waals surface area contributed by atoms with E-state index >= 15 is 0 Å². The van der Waals surface area contributed by atoms with Crippen LogP contribution >= 0.6 is 15.9 Å². The van der Waals surface area contributed by atoms with Gasteiger partial charge in [0.05, 0.1) is 41.4 Å². The molecule has 0 saturated carbocycles. The van der Waals surface area contributed by atoms with Gasteiger partial charge in [-0.05, 0) is 68.2 Å². The minimum atomic E-state index is -0.745. The summed E-state index contributed by atoms with van der Waals surface area (Å²) in [5.74, 6) is -1.61. The summed E-state index contributed by atoms with van der Waals surface area (Å²) in [7, 11) is 0. The van der Waals surface area contributed by atoms with Gasteiger partial charge in [0.25, 0.3) is 0 Å². The maximum absolute atomic E-state index is 12.8. The van der Waals surface area contributed by atoms with E-state index in [1.54, 1.807) is 46.8 Å². The number of phenolic OH excluding ortho intramolecular Hbond substituents is 1. The number of nitrogens with one attached hydrogen (secondary N) is 1. The molecule has 8 heteroatoms. The molecule has 1 aromatic carbocycles. The average Bonchev–Trinajstić information content (AvgIpc) is 2.65. The number of ether oxygens (including phenoxy) is 3. The van der Waals surface area contributed by atoms with Crippen LogP contribution in [-0.4, -0.2) is 36.9 Å². The standard InChI is InChI=1S/C21H26BrNO6/c1-6-27-15-10-13(9-14(22)19(15)24)18-16(20(25)28-7-2)11(4)23-12(5)17(18)21(26)29-8-3/h9-10,18,23-24H,6-8H2,1-5H3. The number of halogens is 1. The quantitative estimate of drug-likeness (QED) is 0.586. The first-order chi connectivity index (χ1) is 13.8. The van der Waals surface area contributed by atoms with Crippen LogP contribution in [-0.2, 0) is 19.1 Å². The number of hydrogen-bond donors (Lipinski definition) is 2. The van der Waals surface area contributed by atoms with Crippen molar-refractivity contribution in [1.82, 2.24) is 5.32 Å². The molecule has 2 rings (SSSR count). The third-order valence-corrected chi connectivity index (χ3v) is 5.04. The highest BCUT2D eigenvalue weighted by molar-refractivity contribution is 9.10. The van der Waals surface area contributed by atoms with Gasteiger partial charge >= 0.3 is 11.9 Å². The fourth-order valence-electron chi connectivity index (χ4n) is 3.31. The van der Waals surface area contributed by atoms with Crippen molar-refractivity contribution in [3.8, 4) is 11.5 Å².